The lowest BCUT2D eigenvalue weighted by Gasteiger charge is -2.42. The number of hydrogen-bond acceptors (Lipinski definition) is 5. The zero-order valence-corrected chi connectivity index (χ0v) is 22.3. The number of amides is 1. The predicted octanol–water partition coefficient (Wildman–Crippen LogP) is 6.04. The highest BCUT2D eigenvalue weighted by atomic mass is 19.2. The molecule has 0 spiro atoms. The number of rotatable bonds is 9. The molecule has 11 heteroatoms. The molecule has 0 saturated carbocycles. The van der Waals surface area contributed by atoms with E-state index in [1.165, 1.54) is 18.2 Å². The molecule has 4 atom stereocenters. The van der Waals surface area contributed by atoms with Crippen LogP contribution in [0.15, 0.2) is 61.2 Å². The van der Waals surface area contributed by atoms with Crippen molar-refractivity contribution >= 4 is 11.6 Å². The number of carbonyl (C=O) groups excluding carboxylic acids is 1. The van der Waals surface area contributed by atoms with Crippen LogP contribution >= 0.6 is 0 Å². The van der Waals surface area contributed by atoms with Gasteiger partial charge in [0.15, 0.2) is 29.6 Å². The first-order valence-electron chi connectivity index (χ1n) is 12.8. The number of ether oxygens (including phenoxy) is 2. The number of carbonyl (C=O) groups is 1. The van der Waals surface area contributed by atoms with E-state index in [0.29, 0.717) is 18.7 Å². The number of anilines is 1. The van der Waals surface area contributed by atoms with E-state index in [2.05, 4.69) is 11.9 Å². The predicted molar refractivity (Wildman–Crippen MR) is 141 cm³/mol. The first-order valence-corrected chi connectivity index (χ1v) is 12.8. The van der Waals surface area contributed by atoms with Crippen LogP contribution in [0, 0.1) is 35.0 Å². The Hall–Kier alpha value is -3.64. The molecule has 0 unspecified atom stereocenters. The molecule has 0 bridgehead atoms. The minimum atomic E-state index is -2.35. The second kappa shape index (κ2) is 12.9. The van der Waals surface area contributed by atoms with Gasteiger partial charge in [0.2, 0.25) is 5.82 Å². The summed E-state index contributed by atoms with van der Waals surface area (Å²) in [5.74, 6) is -12.9. The molecule has 1 heterocycles. The molecule has 3 aromatic rings. The molecular weight excluding hydrogens is 547 g/mol. The summed E-state index contributed by atoms with van der Waals surface area (Å²) >= 11 is 0. The summed E-state index contributed by atoms with van der Waals surface area (Å²) in [5, 5.41) is 11.6. The fourth-order valence-electron chi connectivity index (χ4n) is 4.69. The number of halogens is 5. The Labute approximate surface area is 234 Å². The SMILES string of the molecule is C=CCN(C)C[C@H]1O[C@@H](c2cccc(NC(=O)c3c(F)c(F)c(F)c(F)c3F)c2)O[C@@H](c2ccc(CO)cc2)[C@H]1C. The molecule has 2 N–H and O–H groups in total. The third kappa shape index (κ3) is 6.48. The highest BCUT2D eigenvalue weighted by Gasteiger charge is 2.39. The average Bonchev–Trinajstić information content (AvgIpc) is 2.96. The lowest BCUT2D eigenvalue weighted by atomic mass is 9.90. The van der Waals surface area contributed by atoms with Crippen molar-refractivity contribution in [1.29, 1.82) is 0 Å². The first kappa shape index (κ1) is 30.3. The number of aliphatic hydroxyl groups excluding tert-OH is 1. The highest BCUT2D eigenvalue weighted by molar-refractivity contribution is 6.04. The van der Waals surface area contributed by atoms with Crippen molar-refractivity contribution in [3.63, 3.8) is 0 Å². The number of hydrogen-bond donors (Lipinski definition) is 2. The van der Waals surface area contributed by atoms with Gasteiger partial charge in [0.25, 0.3) is 5.91 Å². The van der Waals surface area contributed by atoms with Gasteiger partial charge in [0.1, 0.15) is 5.56 Å². The van der Waals surface area contributed by atoms with Crippen molar-refractivity contribution in [2.45, 2.75) is 32.0 Å². The van der Waals surface area contributed by atoms with Crippen LogP contribution in [0.2, 0.25) is 0 Å². The molecule has 3 aromatic carbocycles. The Bertz CT molecular complexity index is 1390. The van der Waals surface area contributed by atoms with Crippen LogP contribution in [-0.4, -0.2) is 42.2 Å². The Morgan fingerprint density at radius 3 is 2.22 bits per heavy atom. The normalized spacial score (nSPS) is 20.7. The molecule has 218 valence electrons. The number of nitrogens with zero attached hydrogens (tertiary/aromatic N) is 1. The third-order valence-corrected chi connectivity index (χ3v) is 6.91. The second-order valence-electron chi connectivity index (χ2n) is 9.86. The van der Waals surface area contributed by atoms with Gasteiger partial charge in [-0.15, -0.1) is 6.58 Å². The van der Waals surface area contributed by atoms with E-state index in [1.807, 2.05) is 31.0 Å². The summed E-state index contributed by atoms with van der Waals surface area (Å²) in [5.41, 5.74) is 0.467. The van der Waals surface area contributed by atoms with Crippen molar-refractivity contribution in [2.75, 3.05) is 25.5 Å². The molecule has 1 fully saturated rings. The van der Waals surface area contributed by atoms with Crippen LogP contribution in [-0.2, 0) is 16.1 Å². The summed E-state index contributed by atoms with van der Waals surface area (Å²) in [6.07, 6.45) is 0.105. The molecule has 41 heavy (non-hydrogen) atoms. The summed E-state index contributed by atoms with van der Waals surface area (Å²) in [7, 11) is 1.92. The Morgan fingerprint density at radius 2 is 1.61 bits per heavy atom. The lowest BCUT2D eigenvalue weighted by Crippen LogP contribution is -2.43. The third-order valence-electron chi connectivity index (χ3n) is 6.91. The van der Waals surface area contributed by atoms with Gasteiger partial charge in [-0.05, 0) is 30.3 Å². The quantitative estimate of drug-likeness (QED) is 0.141. The molecule has 1 aliphatic rings. The average molecular weight is 577 g/mol. The van der Waals surface area contributed by atoms with Crippen molar-refractivity contribution < 1.29 is 41.3 Å². The van der Waals surface area contributed by atoms with Crippen LogP contribution < -0.4 is 5.32 Å². The van der Waals surface area contributed by atoms with Crippen LogP contribution in [0.3, 0.4) is 0 Å². The standard InChI is InChI=1S/C30H29F5N2O4/c1-4-12-37(3)14-21-16(2)28(18-10-8-17(15-38)9-11-18)41-30(40-21)19-6-5-7-20(13-19)36-29(39)22-23(31)25(33)27(35)26(34)24(22)32/h4-11,13,16,21,28,30,38H,1,12,14-15H2,2-3H3,(H,36,39)/t16-,21+,28+,30+/m0/s1. The van der Waals surface area contributed by atoms with E-state index in [9.17, 15) is 31.9 Å². The minimum Gasteiger partial charge on any atom is -0.392 e. The van der Waals surface area contributed by atoms with E-state index in [1.54, 1.807) is 24.3 Å². The molecule has 0 aliphatic carbocycles. The smallest absolute Gasteiger partial charge is 0.261 e. The highest BCUT2D eigenvalue weighted by Crippen LogP contribution is 2.42. The maximum atomic E-state index is 14.2. The number of likely N-dealkylation sites (N-methyl/N-ethyl adjacent to an activating group) is 1. The van der Waals surface area contributed by atoms with Gasteiger partial charge >= 0.3 is 0 Å². The summed E-state index contributed by atoms with van der Waals surface area (Å²) < 4.78 is 81.7. The molecule has 1 aliphatic heterocycles. The van der Waals surface area contributed by atoms with Crippen LogP contribution in [0.5, 0.6) is 0 Å². The molecule has 4 rings (SSSR count). The molecule has 1 saturated heterocycles. The number of benzene rings is 3. The maximum Gasteiger partial charge on any atom is 0.261 e. The fraction of sp³-hybridized carbons (Fsp3) is 0.300. The van der Waals surface area contributed by atoms with Crippen molar-refractivity contribution in [3.05, 3.63) is 113 Å². The zero-order valence-electron chi connectivity index (χ0n) is 22.3. The molecule has 6 nitrogen and oxygen atoms in total. The van der Waals surface area contributed by atoms with Gasteiger partial charge in [-0.2, -0.15) is 0 Å². The molecule has 1 amide bonds. The first-order chi connectivity index (χ1) is 19.5. The van der Waals surface area contributed by atoms with E-state index in [-0.39, 0.29) is 24.3 Å². The van der Waals surface area contributed by atoms with E-state index >= 15 is 0 Å². The lowest BCUT2D eigenvalue weighted by molar-refractivity contribution is -0.275. The number of nitrogens with one attached hydrogen (secondary N) is 1. The summed E-state index contributed by atoms with van der Waals surface area (Å²) in [4.78, 5) is 14.6. The van der Waals surface area contributed by atoms with Gasteiger partial charge in [-0.1, -0.05) is 49.4 Å². The summed E-state index contributed by atoms with van der Waals surface area (Å²) in [6.45, 7) is 6.81. The van der Waals surface area contributed by atoms with Crippen LogP contribution in [0.25, 0.3) is 0 Å². The molecule has 0 radical (unpaired) electrons. The van der Waals surface area contributed by atoms with Crippen LogP contribution in [0.1, 0.15) is 46.4 Å². The Morgan fingerprint density at radius 1 is 0.976 bits per heavy atom. The van der Waals surface area contributed by atoms with Gasteiger partial charge < -0.3 is 24.8 Å². The van der Waals surface area contributed by atoms with Gasteiger partial charge in [0, 0.05) is 30.3 Å². The largest absolute Gasteiger partial charge is 0.392 e. The number of aliphatic hydroxyl groups is 1. The van der Waals surface area contributed by atoms with E-state index < -0.39 is 53.0 Å². The Balaban J connectivity index is 1.62. The van der Waals surface area contributed by atoms with Gasteiger partial charge in [-0.25, -0.2) is 22.0 Å². The molecule has 0 aromatic heterocycles. The van der Waals surface area contributed by atoms with Crippen LogP contribution in [0.4, 0.5) is 27.6 Å². The monoisotopic (exact) mass is 576 g/mol. The Kier molecular flexibility index (Phi) is 9.54. The van der Waals surface area contributed by atoms with Crippen molar-refractivity contribution in [2.24, 2.45) is 5.92 Å². The summed E-state index contributed by atoms with van der Waals surface area (Å²) in [6, 6.07) is 13.3. The van der Waals surface area contributed by atoms with Crippen molar-refractivity contribution in [1.82, 2.24) is 4.90 Å². The fourth-order valence-corrected chi connectivity index (χ4v) is 4.69. The van der Waals surface area contributed by atoms with E-state index in [4.69, 9.17) is 9.47 Å². The van der Waals surface area contributed by atoms with E-state index in [0.717, 1.165) is 11.1 Å². The van der Waals surface area contributed by atoms with Gasteiger partial charge in [-0.3, -0.25) is 4.79 Å². The topological polar surface area (TPSA) is 71.0 Å². The molecular formula is C30H29F5N2O4. The van der Waals surface area contributed by atoms with Crippen molar-refractivity contribution in [3.8, 4) is 0 Å². The second-order valence-corrected chi connectivity index (χ2v) is 9.86. The minimum absolute atomic E-state index is 0.0198. The maximum absolute atomic E-state index is 14.2. The zero-order chi connectivity index (χ0) is 29.8. The van der Waals surface area contributed by atoms with Gasteiger partial charge in [0.05, 0.1) is 18.8 Å².